The van der Waals surface area contributed by atoms with Crippen LogP contribution in [0.1, 0.15) is 114 Å². The van der Waals surface area contributed by atoms with Gasteiger partial charge in [0.05, 0.1) is 43.7 Å². The number of esters is 1. The van der Waals surface area contributed by atoms with Gasteiger partial charge in [0.15, 0.2) is 30.9 Å². The summed E-state index contributed by atoms with van der Waals surface area (Å²) in [6, 6.07) is 0. The fraction of sp³-hybridized carbons (Fsp3) is 0.944. The molecule has 4 aliphatic carbocycles. The summed E-state index contributed by atoms with van der Waals surface area (Å²) in [7, 11) is 0. The number of allylic oxidation sites excluding steroid dienone is 1. The second kappa shape index (κ2) is 20.7. The van der Waals surface area contributed by atoms with Crippen molar-refractivity contribution in [2.75, 3.05) is 26.4 Å². The summed E-state index contributed by atoms with van der Waals surface area (Å²) in [6.07, 6.45) is -21.4. The van der Waals surface area contributed by atoms with Crippen molar-refractivity contribution in [3.8, 4) is 0 Å². The van der Waals surface area contributed by atoms with E-state index < -0.39 is 159 Å². The van der Waals surface area contributed by atoms with Crippen molar-refractivity contribution in [1.82, 2.24) is 0 Å². The van der Waals surface area contributed by atoms with Crippen molar-refractivity contribution in [3.05, 3.63) is 11.6 Å². The molecule has 10 N–H and O–H groups in total. The summed E-state index contributed by atoms with van der Waals surface area (Å²) in [4.78, 5) is 11.9. The summed E-state index contributed by atoms with van der Waals surface area (Å²) < 4.78 is 69.0. The van der Waals surface area contributed by atoms with Crippen LogP contribution in [0.4, 0.5) is 0 Å². The topological polar surface area (TPSA) is 321 Å². The van der Waals surface area contributed by atoms with E-state index in [4.69, 9.17) is 52.1 Å². The number of ether oxygens (including phenoxy) is 11. The van der Waals surface area contributed by atoms with Crippen LogP contribution in [-0.4, -0.2) is 218 Å². The van der Waals surface area contributed by atoms with Crippen molar-refractivity contribution in [1.29, 1.82) is 0 Å². The zero-order valence-electron chi connectivity index (χ0n) is 45.3. The molecule has 2 spiro atoms. The third-order valence-corrected chi connectivity index (χ3v) is 20.7. The largest absolute Gasteiger partial charge is 0.463 e. The van der Waals surface area contributed by atoms with E-state index in [1.54, 1.807) is 0 Å². The van der Waals surface area contributed by atoms with E-state index in [9.17, 15) is 55.9 Å². The molecule has 0 aromatic rings. The summed E-state index contributed by atoms with van der Waals surface area (Å²) in [5.41, 5.74) is -0.785. The Hall–Kier alpha value is -1.59. The Bertz CT molecular complexity index is 2130. The van der Waals surface area contributed by atoms with E-state index in [-0.39, 0.29) is 40.1 Å². The van der Waals surface area contributed by atoms with Gasteiger partial charge in [-0.1, -0.05) is 39.3 Å². The fourth-order valence-electron chi connectivity index (χ4n) is 17.1. The normalized spacial score (nSPS) is 55.6. The number of carbonyl (C=O) groups is 1. The molecule has 2 bridgehead atoms. The molecule has 0 amide bonds. The lowest BCUT2D eigenvalue weighted by Crippen LogP contribution is -2.68. The van der Waals surface area contributed by atoms with E-state index in [2.05, 4.69) is 47.6 Å². The molecular weight excluding hydrogens is 1000 g/mol. The average molecular weight is 1090 g/mol. The highest BCUT2D eigenvalue weighted by atomic mass is 16.8. The zero-order valence-corrected chi connectivity index (χ0v) is 45.3. The zero-order chi connectivity index (χ0) is 55.0. The maximum atomic E-state index is 12.3. The van der Waals surface area contributed by atoms with Crippen molar-refractivity contribution >= 4 is 5.97 Å². The van der Waals surface area contributed by atoms with E-state index >= 15 is 0 Å². The monoisotopic (exact) mass is 1090 g/mol. The predicted octanol–water partition coefficient (Wildman–Crippen LogP) is 0.0284. The van der Waals surface area contributed by atoms with E-state index in [1.807, 2.05) is 6.92 Å². The van der Waals surface area contributed by atoms with Gasteiger partial charge in [-0.3, -0.25) is 4.79 Å². The Balaban J connectivity index is 0.927. The molecule has 10 rings (SSSR count). The molecule has 10 aliphatic rings. The first kappa shape index (κ1) is 57.6. The van der Waals surface area contributed by atoms with Crippen molar-refractivity contribution in [2.24, 2.45) is 45.3 Å². The molecule has 434 valence electrons. The second-order valence-corrected chi connectivity index (χ2v) is 25.9. The number of hydrogen-bond donors (Lipinski definition) is 10. The molecule has 22 heteroatoms. The average Bonchev–Trinajstić information content (AvgIpc) is 4.02. The first-order valence-electron chi connectivity index (χ1n) is 27.7. The minimum atomic E-state index is -1.91. The molecule has 4 saturated carbocycles. The van der Waals surface area contributed by atoms with Crippen molar-refractivity contribution < 1.29 is 108 Å². The highest BCUT2D eigenvalue weighted by Gasteiger charge is 2.81. The molecule has 0 unspecified atom stereocenters. The van der Waals surface area contributed by atoms with Crippen LogP contribution in [0.25, 0.3) is 0 Å². The van der Waals surface area contributed by atoms with Crippen LogP contribution in [0.5, 0.6) is 0 Å². The molecule has 6 aliphatic heterocycles. The molecule has 76 heavy (non-hydrogen) atoms. The smallest absolute Gasteiger partial charge is 0.302 e. The van der Waals surface area contributed by atoms with Gasteiger partial charge >= 0.3 is 5.97 Å². The van der Waals surface area contributed by atoms with E-state index in [1.165, 1.54) is 6.92 Å². The van der Waals surface area contributed by atoms with E-state index in [0.29, 0.717) is 25.4 Å². The SMILES string of the molecule is CC(=O)OC[C@H]1O[C@@H](O[C@@H]2[C@@H](O[C@@H]3O[C@@H](C)[C@H](O)[C@@H](O)[C@H]3O)[C@H](O[C@H]3CC[C@]4(C)[C@H]5CC[C@@H]6[C@@H]7[C@]8(C[C@@]6(CO8)[C@]5(C)CC[C@H]4C3(C)C)O[C@@H](C=C(C)C)C[C@]7(C)O)OC[C@@H]2O)[C@H](O[C@@H]2OC[C@@H](O)[C@H](O)[C@H]2O)[C@@H](O)[C@@H]1O. The van der Waals surface area contributed by atoms with Crippen LogP contribution in [0.2, 0.25) is 0 Å². The van der Waals surface area contributed by atoms with Crippen LogP contribution in [0.15, 0.2) is 11.6 Å². The van der Waals surface area contributed by atoms with Gasteiger partial charge in [0.1, 0.15) is 86.0 Å². The molecule has 6 heterocycles. The molecule has 0 radical (unpaired) electrons. The Morgan fingerprint density at radius 3 is 2.04 bits per heavy atom. The van der Waals surface area contributed by atoms with Gasteiger partial charge in [0, 0.05) is 31.1 Å². The molecule has 22 nitrogen and oxygen atoms in total. The first-order chi connectivity index (χ1) is 35.6. The summed E-state index contributed by atoms with van der Waals surface area (Å²) in [5.74, 6) is -1.01. The molecule has 6 saturated heterocycles. The van der Waals surface area contributed by atoms with Crippen LogP contribution in [0.3, 0.4) is 0 Å². The van der Waals surface area contributed by atoms with Gasteiger partial charge in [-0.2, -0.15) is 0 Å². The minimum absolute atomic E-state index is 0.120. The van der Waals surface area contributed by atoms with Crippen LogP contribution in [0, 0.1) is 45.3 Å². The third-order valence-electron chi connectivity index (χ3n) is 20.7. The van der Waals surface area contributed by atoms with Gasteiger partial charge in [-0.15, -0.1) is 0 Å². The van der Waals surface area contributed by atoms with E-state index in [0.717, 1.165) is 51.0 Å². The summed E-state index contributed by atoms with van der Waals surface area (Å²) >= 11 is 0. The van der Waals surface area contributed by atoms with Gasteiger partial charge in [0.2, 0.25) is 0 Å². The Morgan fingerprint density at radius 2 is 1.33 bits per heavy atom. The molecule has 10 fully saturated rings. The second-order valence-electron chi connectivity index (χ2n) is 25.9. The minimum Gasteiger partial charge on any atom is -0.463 e. The highest BCUT2D eigenvalue weighted by molar-refractivity contribution is 5.65. The number of rotatable bonds is 11. The van der Waals surface area contributed by atoms with Gasteiger partial charge in [0.25, 0.3) is 0 Å². The molecule has 29 atom stereocenters. The van der Waals surface area contributed by atoms with Gasteiger partial charge in [-0.25, -0.2) is 0 Å². The lowest BCUT2D eigenvalue weighted by Gasteiger charge is -2.70. The lowest BCUT2D eigenvalue weighted by atomic mass is 9.35. The number of hydrogen-bond acceptors (Lipinski definition) is 22. The lowest BCUT2D eigenvalue weighted by molar-refractivity contribution is -0.399. The number of carbonyl (C=O) groups excluding carboxylic acids is 1. The maximum Gasteiger partial charge on any atom is 0.302 e. The molecular formula is C54H86O22. The number of aliphatic hydroxyl groups is 10. The summed E-state index contributed by atoms with van der Waals surface area (Å²) in [6.45, 7) is 17.2. The van der Waals surface area contributed by atoms with Crippen molar-refractivity contribution in [2.45, 2.75) is 248 Å². The number of fused-ring (bicyclic) bond motifs is 4. The molecule has 0 aromatic carbocycles. The third kappa shape index (κ3) is 9.38. The van der Waals surface area contributed by atoms with Crippen LogP contribution >= 0.6 is 0 Å². The fourth-order valence-corrected chi connectivity index (χ4v) is 17.1. The quantitative estimate of drug-likeness (QED) is 0.0741. The van der Waals surface area contributed by atoms with Crippen LogP contribution in [-0.2, 0) is 56.9 Å². The number of aliphatic hydroxyl groups excluding tert-OH is 9. The molecule has 0 aromatic heterocycles. The Labute approximate surface area is 444 Å². The highest BCUT2D eigenvalue weighted by Crippen LogP contribution is 2.80. The van der Waals surface area contributed by atoms with Gasteiger partial charge in [-0.05, 0) is 100 Å². The Kier molecular flexibility index (Phi) is 15.7. The predicted molar refractivity (Wildman–Crippen MR) is 260 cm³/mol. The maximum absolute atomic E-state index is 12.3. The van der Waals surface area contributed by atoms with Crippen LogP contribution < -0.4 is 0 Å². The first-order valence-corrected chi connectivity index (χ1v) is 27.7. The van der Waals surface area contributed by atoms with Crippen molar-refractivity contribution in [3.63, 3.8) is 0 Å². The standard InChI is InChI=1S/C54H86O22/c1-23(2)16-26-17-52(9,65)44-27-10-11-32-50(7)14-13-33(49(5,6)31(50)12-15-51(32,8)53(27)21-54(44,76-26)69-22-53)72-47-43(75-46-40(64)37(61)34(58)24(3)70-46)41(29(57)19-68-47)73-48-42(74-45-39(63)35(59)28(56)18-67-45)38(62)36(60)30(71-48)20-66-25(4)55/h16,24,26-48,56-65H,10-15,17-22H2,1-9H3/t24-,26-,27+,28+,29-,30+,31-,32+,33-,34-,35-,36+,37+,38-,39+,40+,41-,42+,43+,44-,45-,46-,47-,48-,50-,51+,52-,53-,54-/m0/s1. The summed E-state index contributed by atoms with van der Waals surface area (Å²) in [5, 5.41) is 111. The van der Waals surface area contributed by atoms with Gasteiger partial charge < -0.3 is 103 Å². The Morgan fingerprint density at radius 1 is 0.658 bits per heavy atom.